The molecule has 0 heterocycles. The zero-order valence-electron chi connectivity index (χ0n) is 12.1. The monoisotopic (exact) mass is 346 g/mol. The minimum absolute atomic E-state index is 0.0912. The molecule has 3 nitrogen and oxygen atoms in total. The SMILES string of the molecule is Cc1ccc(C(N)C(=O)NC(C)c2cccc(Br)c2)cc1. The first kappa shape index (κ1) is 15.7. The molecule has 1 amide bonds. The predicted molar refractivity (Wildman–Crippen MR) is 88.8 cm³/mol. The van der Waals surface area contributed by atoms with Gasteiger partial charge in [-0.2, -0.15) is 0 Å². The summed E-state index contributed by atoms with van der Waals surface area (Å²) in [6, 6.07) is 14.8. The van der Waals surface area contributed by atoms with Crippen molar-refractivity contribution < 1.29 is 4.79 Å². The Labute approximate surface area is 133 Å². The molecule has 0 aromatic heterocycles. The van der Waals surface area contributed by atoms with Crippen molar-refractivity contribution in [2.45, 2.75) is 25.9 Å². The van der Waals surface area contributed by atoms with Gasteiger partial charge in [-0.3, -0.25) is 4.79 Å². The van der Waals surface area contributed by atoms with Crippen LogP contribution >= 0.6 is 15.9 Å². The molecule has 2 unspecified atom stereocenters. The molecule has 0 bridgehead atoms. The van der Waals surface area contributed by atoms with Crippen LogP contribution in [0.4, 0.5) is 0 Å². The van der Waals surface area contributed by atoms with E-state index in [0.29, 0.717) is 0 Å². The first-order valence-electron chi connectivity index (χ1n) is 6.85. The number of carbonyl (C=O) groups excluding carboxylic acids is 1. The van der Waals surface area contributed by atoms with Gasteiger partial charge >= 0.3 is 0 Å². The lowest BCUT2D eigenvalue weighted by atomic mass is 10.0. The molecule has 4 heteroatoms. The number of aryl methyl sites for hydroxylation is 1. The molecule has 2 atom stereocenters. The number of hydrogen-bond donors (Lipinski definition) is 2. The van der Waals surface area contributed by atoms with Gasteiger partial charge in [-0.25, -0.2) is 0 Å². The number of halogens is 1. The van der Waals surface area contributed by atoms with E-state index in [9.17, 15) is 4.79 Å². The normalized spacial score (nSPS) is 13.5. The Morgan fingerprint density at radius 3 is 2.43 bits per heavy atom. The molecule has 0 fully saturated rings. The summed E-state index contributed by atoms with van der Waals surface area (Å²) in [6.45, 7) is 3.95. The van der Waals surface area contributed by atoms with E-state index in [-0.39, 0.29) is 11.9 Å². The summed E-state index contributed by atoms with van der Waals surface area (Å²) in [5.74, 6) is -0.175. The van der Waals surface area contributed by atoms with Crippen LogP contribution in [0.5, 0.6) is 0 Å². The van der Waals surface area contributed by atoms with Crippen molar-refractivity contribution in [1.82, 2.24) is 5.32 Å². The lowest BCUT2D eigenvalue weighted by molar-refractivity contribution is -0.123. The summed E-state index contributed by atoms with van der Waals surface area (Å²) in [6.07, 6.45) is 0. The van der Waals surface area contributed by atoms with Gasteiger partial charge in [0.25, 0.3) is 0 Å². The van der Waals surface area contributed by atoms with E-state index >= 15 is 0 Å². The highest BCUT2D eigenvalue weighted by molar-refractivity contribution is 9.10. The molecule has 0 radical (unpaired) electrons. The van der Waals surface area contributed by atoms with Crippen molar-refractivity contribution in [2.24, 2.45) is 5.73 Å². The second-order valence-corrected chi connectivity index (χ2v) is 6.09. The Morgan fingerprint density at radius 2 is 1.81 bits per heavy atom. The van der Waals surface area contributed by atoms with Gasteiger partial charge in [0.15, 0.2) is 0 Å². The first-order chi connectivity index (χ1) is 9.97. The molecule has 0 spiro atoms. The van der Waals surface area contributed by atoms with Crippen LogP contribution in [0.25, 0.3) is 0 Å². The third-order valence-corrected chi connectivity index (χ3v) is 3.92. The van der Waals surface area contributed by atoms with Gasteiger partial charge in [0.1, 0.15) is 6.04 Å². The van der Waals surface area contributed by atoms with Crippen LogP contribution in [0.1, 0.15) is 35.7 Å². The number of rotatable bonds is 4. The van der Waals surface area contributed by atoms with E-state index in [2.05, 4.69) is 21.2 Å². The Kier molecular flexibility index (Phi) is 5.15. The minimum Gasteiger partial charge on any atom is -0.348 e. The maximum atomic E-state index is 12.2. The van der Waals surface area contributed by atoms with Crippen molar-refractivity contribution in [1.29, 1.82) is 0 Å². The van der Waals surface area contributed by atoms with Crippen LogP contribution in [0.15, 0.2) is 53.0 Å². The van der Waals surface area contributed by atoms with Crippen molar-refractivity contribution in [3.8, 4) is 0 Å². The molecule has 110 valence electrons. The number of nitrogens with two attached hydrogens (primary N) is 1. The molecule has 2 rings (SSSR count). The van der Waals surface area contributed by atoms with Crippen LogP contribution in [0.2, 0.25) is 0 Å². The predicted octanol–water partition coefficient (Wildman–Crippen LogP) is 3.63. The maximum absolute atomic E-state index is 12.2. The molecule has 0 saturated carbocycles. The highest BCUT2D eigenvalue weighted by Crippen LogP contribution is 2.19. The third kappa shape index (κ3) is 4.16. The number of benzene rings is 2. The minimum atomic E-state index is -0.653. The van der Waals surface area contributed by atoms with E-state index in [1.807, 2.05) is 62.4 Å². The summed E-state index contributed by atoms with van der Waals surface area (Å²) in [5.41, 5.74) is 9.03. The van der Waals surface area contributed by atoms with Crippen LogP contribution in [0, 0.1) is 6.92 Å². The number of nitrogens with one attached hydrogen (secondary N) is 1. The van der Waals surface area contributed by atoms with E-state index < -0.39 is 6.04 Å². The zero-order valence-corrected chi connectivity index (χ0v) is 13.7. The number of hydrogen-bond acceptors (Lipinski definition) is 2. The molecule has 0 aliphatic rings. The summed E-state index contributed by atoms with van der Waals surface area (Å²) >= 11 is 3.43. The Hall–Kier alpha value is -1.65. The quantitative estimate of drug-likeness (QED) is 0.887. The van der Waals surface area contributed by atoms with Crippen LogP contribution in [0.3, 0.4) is 0 Å². The van der Waals surface area contributed by atoms with Gasteiger partial charge in [0, 0.05) is 4.47 Å². The van der Waals surface area contributed by atoms with E-state index in [1.165, 1.54) is 0 Å². The molecular weight excluding hydrogens is 328 g/mol. The molecule has 0 saturated heterocycles. The van der Waals surface area contributed by atoms with Crippen molar-refractivity contribution in [2.75, 3.05) is 0 Å². The third-order valence-electron chi connectivity index (χ3n) is 3.43. The number of amides is 1. The molecule has 0 aliphatic carbocycles. The van der Waals surface area contributed by atoms with E-state index in [1.54, 1.807) is 0 Å². The smallest absolute Gasteiger partial charge is 0.241 e. The second-order valence-electron chi connectivity index (χ2n) is 5.17. The lowest BCUT2D eigenvalue weighted by Crippen LogP contribution is -2.35. The van der Waals surface area contributed by atoms with Gasteiger partial charge in [-0.05, 0) is 37.1 Å². The van der Waals surface area contributed by atoms with Gasteiger partial charge in [-0.1, -0.05) is 57.9 Å². The average molecular weight is 347 g/mol. The van der Waals surface area contributed by atoms with Crippen LogP contribution in [-0.4, -0.2) is 5.91 Å². The van der Waals surface area contributed by atoms with Crippen molar-refractivity contribution >= 4 is 21.8 Å². The zero-order chi connectivity index (χ0) is 15.4. The largest absolute Gasteiger partial charge is 0.348 e. The fraction of sp³-hybridized carbons (Fsp3) is 0.235. The lowest BCUT2D eigenvalue weighted by Gasteiger charge is -2.18. The summed E-state index contributed by atoms with van der Waals surface area (Å²) in [5, 5.41) is 2.95. The van der Waals surface area contributed by atoms with Gasteiger partial charge in [-0.15, -0.1) is 0 Å². The summed E-state index contributed by atoms with van der Waals surface area (Å²) < 4.78 is 0.990. The highest BCUT2D eigenvalue weighted by Gasteiger charge is 2.18. The second kappa shape index (κ2) is 6.87. The topological polar surface area (TPSA) is 55.1 Å². The van der Waals surface area contributed by atoms with Crippen LogP contribution in [-0.2, 0) is 4.79 Å². The molecule has 0 aliphatic heterocycles. The highest BCUT2D eigenvalue weighted by atomic mass is 79.9. The molecule has 3 N–H and O–H groups in total. The molecule has 2 aromatic rings. The fourth-order valence-corrected chi connectivity index (χ4v) is 2.50. The molecule has 2 aromatic carbocycles. The Balaban J connectivity index is 2.05. The van der Waals surface area contributed by atoms with Crippen molar-refractivity contribution in [3.05, 3.63) is 69.7 Å². The van der Waals surface area contributed by atoms with Gasteiger partial charge < -0.3 is 11.1 Å². The average Bonchev–Trinajstić information content (AvgIpc) is 2.47. The Bertz CT molecular complexity index is 625. The number of carbonyl (C=O) groups is 1. The maximum Gasteiger partial charge on any atom is 0.241 e. The Morgan fingerprint density at radius 1 is 1.14 bits per heavy atom. The first-order valence-corrected chi connectivity index (χ1v) is 7.64. The standard InChI is InChI=1S/C17H19BrN2O/c1-11-6-8-13(9-7-11)16(19)17(21)20-12(2)14-4-3-5-15(18)10-14/h3-10,12,16H,19H2,1-2H3,(H,20,21). The van der Waals surface area contributed by atoms with E-state index in [4.69, 9.17) is 5.73 Å². The van der Waals surface area contributed by atoms with Crippen LogP contribution < -0.4 is 11.1 Å². The van der Waals surface area contributed by atoms with Crippen molar-refractivity contribution in [3.63, 3.8) is 0 Å². The molecule has 21 heavy (non-hydrogen) atoms. The fourth-order valence-electron chi connectivity index (χ4n) is 2.09. The summed E-state index contributed by atoms with van der Waals surface area (Å²) in [4.78, 5) is 12.2. The van der Waals surface area contributed by atoms with Gasteiger partial charge in [0.2, 0.25) is 5.91 Å². The van der Waals surface area contributed by atoms with E-state index in [0.717, 1.165) is 21.2 Å². The summed E-state index contributed by atoms with van der Waals surface area (Å²) in [7, 11) is 0. The molecular formula is C17H19BrN2O. The van der Waals surface area contributed by atoms with Gasteiger partial charge in [0.05, 0.1) is 6.04 Å².